The maximum Gasteiger partial charge on any atom is 0.233 e. The number of aromatic nitrogens is 4. The summed E-state index contributed by atoms with van der Waals surface area (Å²) in [5.41, 5.74) is 4.07. The summed E-state index contributed by atoms with van der Waals surface area (Å²) in [4.78, 5) is 19.0. The van der Waals surface area contributed by atoms with Gasteiger partial charge < -0.3 is 9.64 Å². The first-order chi connectivity index (χ1) is 17.0. The van der Waals surface area contributed by atoms with Crippen molar-refractivity contribution in [3.63, 3.8) is 0 Å². The average molecular weight is 488 g/mol. The van der Waals surface area contributed by atoms with Gasteiger partial charge in [-0.2, -0.15) is 0 Å². The molecule has 35 heavy (non-hydrogen) atoms. The molecule has 0 bridgehead atoms. The summed E-state index contributed by atoms with van der Waals surface area (Å²) in [6, 6.07) is 19.8. The van der Waals surface area contributed by atoms with Crippen LogP contribution in [0.15, 0.2) is 78.2 Å². The Labute approximate surface area is 210 Å². The molecule has 0 atom stereocenters. The first-order valence-electron chi connectivity index (χ1n) is 11.4. The van der Waals surface area contributed by atoms with E-state index < -0.39 is 0 Å². The van der Waals surface area contributed by atoms with Crippen LogP contribution in [0.5, 0.6) is 5.75 Å². The molecule has 0 unspecified atom stereocenters. The fraction of sp³-hybridized carbons (Fsp3) is 0.259. The number of hydrogen-bond acceptors (Lipinski definition) is 6. The van der Waals surface area contributed by atoms with Crippen LogP contribution in [0.25, 0.3) is 17.1 Å². The van der Waals surface area contributed by atoms with Gasteiger partial charge in [-0.1, -0.05) is 55.9 Å². The molecule has 2 aromatic heterocycles. The lowest BCUT2D eigenvalue weighted by molar-refractivity contribution is -0.127. The Hall–Kier alpha value is -3.65. The molecule has 2 aromatic carbocycles. The molecule has 0 N–H and O–H groups in total. The lowest BCUT2D eigenvalue weighted by Crippen LogP contribution is -2.27. The minimum atomic E-state index is 0.00689. The smallest absolute Gasteiger partial charge is 0.233 e. The Morgan fingerprint density at radius 1 is 1.09 bits per heavy atom. The topological polar surface area (TPSA) is 73.1 Å². The number of carbonyl (C=O) groups is 1. The van der Waals surface area contributed by atoms with Crippen LogP contribution in [0, 0.1) is 0 Å². The molecule has 0 aliphatic rings. The van der Waals surface area contributed by atoms with E-state index in [2.05, 4.69) is 41.2 Å². The number of carbonyl (C=O) groups excluding carboxylic acids is 1. The van der Waals surface area contributed by atoms with Crippen molar-refractivity contribution in [2.75, 3.05) is 19.9 Å². The van der Waals surface area contributed by atoms with Crippen molar-refractivity contribution in [3.8, 4) is 22.8 Å². The van der Waals surface area contributed by atoms with Crippen LogP contribution >= 0.6 is 11.8 Å². The van der Waals surface area contributed by atoms with Crippen LogP contribution in [-0.2, 0) is 11.3 Å². The second-order valence-electron chi connectivity index (χ2n) is 8.49. The van der Waals surface area contributed by atoms with Gasteiger partial charge in [-0.15, -0.1) is 10.2 Å². The minimum Gasteiger partial charge on any atom is -0.497 e. The van der Waals surface area contributed by atoms with Crippen LogP contribution in [0.2, 0.25) is 0 Å². The molecule has 0 radical (unpaired) electrons. The Morgan fingerprint density at radius 3 is 2.66 bits per heavy atom. The molecule has 4 rings (SSSR count). The molecular formula is C27H29N5O2S. The fourth-order valence-electron chi connectivity index (χ4n) is 3.81. The highest BCUT2D eigenvalue weighted by molar-refractivity contribution is 7.99. The first-order valence-corrected chi connectivity index (χ1v) is 12.4. The molecule has 0 fully saturated rings. The van der Waals surface area contributed by atoms with Gasteiger partial charge in [0.15, 0.2) is 11.0 Å². The van der Waals surface area contributed by atoms with Gasteiger partial charge in [0.05, 0.1) is 18.6 Å². The number of benzene rings is 2. The number of thioether (sulfide) groups is 1. The number of ether oxygens (including phenoxy) is 1. The predicted molar refractivity (Wildman–Crippen MR) is 139 cm³/mol. The van der Waals surface area contributed by atoms with Crippen LogP contribution in [0.4, 0.5) is 0 Å². The maximum absolute atomic E-state index is 13.0. The summed E-state index contributed by atoms with van der Waals surface area (Å²) in [7, 11) is 3.44. The molecule has 2 heterocycles. The molecule has 0 aliphatic heterocycles. The zero-order valence-electron chi connectivity index (χ0n) is 20.4. The lowest BCUT2D eigenvalue weighted by Gasteiger charge is -2.19. The average Bonchev–Trinajstić information content (AvgIpc) is 3.31. The van der Waals surface area contributed by atoms with E-state index in [1.807, 2.05) is 60.1 Å². The van der Waals surface area contributed by atoms with Gasteiger partial charge in [-0.3, -0.25) is 14.3 Å². The highest BCUT2D eigenvalue weighted by Gasteiger charge is 2.21. The molecule has 7 nitrogen and oxygen atoms in total. The Balaban J connectivity index is 1.59. The van der Waals surface area contributed by atoms with E-state index in [0.29, 0.717) is 23.4 Å². The second-order valence-corrected chi connectivity index (χ2v) is 9.43. The minimum absolute atomic E-state index is 0.00689. The largest absolute Gasteiger partial charge is 0.497 e. The van der Waals surface area contributed by atoms with Gasteiger partial charge in [0.1, 0.15) is 5.75 Å². The molecular weight excluding hydrogens is 458 g/mol. The van der Waals surface area contributed by atoms with E-state index in [0.717, 1.165) is 22.6 Å². The zero-order chi connectivity index (χ0) is 24.8. The van der Waals surface area contributed by atoms with Crippen molar-refractivity contribution < 1.29 is 9.53 Å². The number of methoxy groups -OCH3 is 1. The molecule has 0 spiro atoms. The monoisotopic (exact) mass is 487 g/mol. The normalized spacial score (nSPS) is 11.0. The van der Waals surface area contributed by atoms with E-state index in [1.165, 1.54) is 17.3 Å². The van der Waals surface area contributed by atoms with Crippen LogP contribution in [0.1, 0.15) is 30.9 Å². The summed E-state index contributed by atoms with van der Waals surface area (Å²) in [5.74, 6) is 2.04. The molecule has 0 saturated heterocycles. The van der Waals surface area contributed by atoms with Crippen molar-refractivity contribution >= 4 is 17.7 Å². The number of hydrogen-bond donors (Lipinski definition) is 0. The predicted octanol–water partition coefficient (Wildman–Crippen LogP) is 5.21. The van der Waals surface area contributed by atoms with Crippen molar-refractivity contribution in [3.05, 3.63) is 84.2 Å². The number of para-hydroxylation sites is 1. The van der Waals surface area contributed by atoms with Crippen LogP contribution in [-0.4, -0.2) is 50.5 Å². The third kappa shape index (κ3) is 5.71. The molecule has 1 amide bonds. The summed E-state index contributed by atoms with van der Waals surface area (Å²) >= 11 is 1.39. The summed E-state index contributed by atoms with van der Waals surface area (Å²) < 4.78 is 7.33. The Bertz CT molecular complexity index is 1290. The van der Waals surface area contributed by atoms with Crippen LogP contribution < -0.4 is 4.74 Å². The summed E-state index contributed by atoms with van der Waals surface area (Å²) in [5, 5.41) is 9.62. The molecule has 8 heteroatoms. The van der Waals surface area contributed by atoms with Gasteiger partial charge in [0, 0.05) is 31.5 Å². The standard InChI is InChI=1S/C27H29N5O2S/c1-19(2)23-12-5-6-13-24(23)32-26(21-10-8-14-28-16-21)29-30-27(32)35-18-25(33)31(3)17-20-9-7-11-22(15-20)34-4/h5-16,19H,17-18H2,1-4H3. The van der Waals surface area contributed by atoms with Crippen molar-refractivity contribution in [2.45, 2.75) is 31.5 Å². The molecule has 0 saturated carbocycles. The number of pyridine rings is 1. The van der Waals surface area contributed by atoms with Crippen molar-refractivity contribution in [2.24, 2.45) is 0 Å². The van der Waals surface area contributed by atoms with Crippen molar-refractivity contribution in [1.29, 1.82) is 0 Å². The van der Waals surface area contributed by atoms with Crippen LogP contribution in [0.3, 0.4) is 0 Å². The summed E-state index contributed by atoms with van der Waals surface area (Å²) in [6.45, 7) is 4.83. The fourth-order valence-corrected chi connectivity index (χ4v) is 4.70. The van der Waals surface area contributed by atoms with E-state index in [9.17, 15) is 4.79 Å². The van der Waals surface area contributed by atoms with Gasteiger partial charge in [0.2, 0.25) is 5.91 Å². The highest BCUT2D eigenvalue weighted by Crippen LogP contribution is 2.32. The SMILES string of the molecule is COc1cccc(CN(C)C(=O)CSc2nnc(-c3cccnc3)n2-c2ccccc2C(C)C)c1. The third-order valence-electron chi connectivity index (χ3n) is 5.66. The third-order valence-corrected chi connectivity index (χ3v) is 6.57. The molecule has 180 valence electrons. The highest BCUT2D eigenvalue weighted by atomic mass is 32.2. The second kappa shape index (κ2) is 11.2. The Morgan fingerprint density at radius 2 is 1.91 bits per heavy atom. The van der Waals surface area contributed by atoms with E-state index in [-0.39, 0.29) is 11.7 Å². The van der Waals surface area contributed by atoms with E-state index in [1.54, 1.807) is 24.4 Å². The first kappa shape index (κ1) is 24.5. The number of nitrogens with zero attached hydrogens (tertiary/aromatic N) is 5. The zero-order valence-corrected chi connectivity index (χ0v) is 21.2. The summed E-state index contributed by atoms with van der Waals surface area (Å²) in [6.07, 6.45) is 3.51. The molecule has 0 aliphatic carbocycles. The molecule has 4 aromatic rings. The van der Waals surface area contributed by atoms with E-state index >= 15 is 0 Å². The number of amides is 1. The lowest BCUT2D eigenvalue weighted by atomic mass is 10.0. The van der Waals surface area contributed by atoms with Crippen molar-refractivity contribution in [1.82, 2.24) is 24.6 Å². The van der Waals surface area contributed by atoms with Gasteiger partial charge in [-0.25, -0.2) is 0 Å². The Kier molecular flexibility index (Phi) is 7.82. The van der Waals surface area contributed by atoms with E-state index in [4.69, 9.17) is 4.74 Å². The quantitative estimate of drug-likeness (QED) is 0.302. The van der Waals surface area contributed by atoms with Gasteiger partial charge >= 0.3 is 0 Å². The van der Waals surface area contributed by atoms with Gasteiger partial charge in [-0.05, 0) is 47.4 Å². The number of rotatable bonds is 9. The maximum atomic E-state index is 13.0. The van der Waals surface area contributed by atoms with Gasteiger partial charge in [0.25, 0.3) is 0 Å².